The van der Waals surface area contributed by atoms with E-state index in [0.29, 0.717) is 18.5 Å². The Kier molecular flexibility index (Phi) is 4.03. The van der Waals surface area contributed by atoms with Crippen LogP contribution in [0.25, 0.3) is 0 Å². The van der Waals surface area contributed by atoms with E-state index in [1.54, 1.807) is 0 Å². The van der Waals surface area contributed by atoms with Crippen molar-refractivity contribution in [1.29, 1.82) is 0 Å². The number of aliphatic hydroxyl groups excluding tert-OH is 1. The van der Waals surface area contributed by atoms with Gasteiger partial charge in [0.05, 0.1) is 11.5 Å². The normalized spacial score (nSPS) is 15.8. The summed E-state index contributed by atoms with van der Waals surface area (Å²) in [7, 11) is 0. The van der Waals surface area contributed by atoms with Crippen molar-refractivity contribution in [3.05, 3.63) is 22.5 Å². The zero-order valence-electron chi connectivity index (χ0n) is 10.0. The largest absolute Gasteiger partial charge is 0.395 e. The van der Waals surface area contributed by atoms with Gasteiger partial charge in [-0.05, 0) is 12.8 Å². The van der Waals surface area contributed by atoms with Crippen LogP contribution < -0.4 is 4.90 Å². The molecule has 2 rings (SSSR count). The van der Waals surface area contributed by atoms with Crippen LogP contribution >= 0.6 is 0 Å². The zero-order chi connectivity index (χ0) is 13.0. The molecular weight excluding hydrogens is 236 g/mol. The SMILES string of the molecule is O=[N+]([O-])c1cnc(N(CCO)C2CCCC2)nc1. The third kappa shape index (κ3) is 2.73. The molecule has 1 heterocycles. The second kappa shape index (κ2) is 5.72. The number of rotatable bonds is 5. The molecule has 7 heteroatoms. The molecule has 0 aliphatic heterocycles. The summed E-state index contributed by atoms with van der Waals surface area (Å²) in [6, 6.07) is 0.332. The van der Waals surface area contributed by atoms with Crippen molar-refractivity contribution < 1.29 is 10.0 Å². The first-order valence-electron chi connectivity index (χ1n) is 6.06. The van der Waals surface area contributed by atoms with Gasteiger partial charge >= 0.3 is 5.69 Å². The Morgan fingerprint density at radius 1 is 1.39 bits per heavy atom. The molecule has 7 nitrogen and oxygen atoms in total. The molecule has 0 unspecified atom stereocenters. The first kappa shape index (κ1) is 12.7. The standard InChI is InChI=1S/C11H16N4O3/c16-6-5-14(9-3-1-2-4-9)11-12-7-10(8-13-11)15(17)18/h7-9,16H,1-6H2. The maximum Gasteiger partial charge on any atom is 0.305 e. The van der Waals surface area contributed by atoms with E-state index in [9.17, 15) is 10.1 Å². The second-order valence-electron chi connectivity index (χ2n) is 4.35. The quantitative estimate of drug-likeness (QED) is 0.623. The van der Waals surface area contributed by atoms with Gasteiger partial charge in [-0.15, -0.1) is 0 Å². The van der Waals surface area contributed by atoms with Crippen LogP contribution in [-0.2, 0) is 0 Å². The number of aromatic nitrogens is 2. The fourth-order valence-corrected chi connectivity index (χ4v) is 2.33. The third-order valence-corrected chi connectivity index (χ3v) is 3.20. The Bertz CT molecular complexity index is 403. The maximum atomic E-state index is 10.5. The number of hydrogen-bond acceptors (Lipinski definition) is 6. The molecule has 1 aromatic heterocycles. The molecule has 0 spiro atoms. The van der Waals surface area contributed by atoms with Gasteiger partial charge in [-0.2, -0.15) is 0 Å². The first-order chi connectivity index (χ1) is 8.72. The Balaban J connectivity index is 2.16. The topological polar surface area (TPSA) is 92.4 Å². The Morgan fingerprint density at radius 3 is 2.50 bits per heavy atom. The van der Waals surface area contributed by atoms with Crippen molar-refractivity contribution in [3.8, 4) is 0 Å². The van der Waals surface area contributed by atoms with Gasteiger partial charge in [-0.3, -0.25) is 10.1 Å². The Morgan fingerprint density at radius 2 is 2.00 bits per heavy atom. The molecule has 0 atom stereocenters. The van der Waals surface area contributed by atoms with E-state index < -0.39 is 4.92 Å². The van der Waals surface area contributed by atoms with Gasteiger partial charge in [0.2, 0.25) is 5.95 Å². The van der Waals surface area contributed by atoms with Gasteiger partial charge in [-0.1, -0.05) is 12.8 Å². The summed E-state index contributed by atoms with van der Waals surface area (Å²) >= 11 is 0. The lowest BCUT2D eigenvalue weighted by atomic mass is 10.2. The van der Waals surface area contributed by atoms with E-state index in [-0.39, 0.29) is 12.3 Å². The molecule has 1 N–H and O–H groups in total. The summed E-state index contributed by atoms with van der Waals surface area (Å²) in [5.74, 6) is 0.460. The molecule has 0 saturated heterocycles. The summed E-state index contributed by atoms with van der Waals surface area (Å²) in [5.41, 5.74) is -0.117. The van der Waals surface area contributed by atoms with E-state index in [2.05, 4.69) is 9.97 Å². The first-order valence-corrected chi connectivity index (χ1v) is 6.06. The van der Waals surface area contributed by atoms with Gasteiger partial charge in [0.25, 0.3) is 0 Å². The van der Waals surface area contributed by atoms with Crippen molar-refractivity contribution in [2.75, 3.05) is 18.1 Å². The van der Waals surface area contributed by atoms with Crippen LogP contribution in [0.1, 0.15) is 25.7 Å². The highest BCUT2D eigenvalue weighted by Gasteiger charge is 2.24. The van der Waals surface area contributed by atoms with Crippen LogP contribution in [-0.4, -0.2) is 39.2 Å². The van der Waals surface area contributed by atoms with Crippen LogP contribution in [0, 0.1) is 10.1 Å². The minimum absolute atomic E-state index is 0.0247. The van der Waals surface area contributed by atoms with Gasteiger partial charge in [0, 0.05) is 12.6 Å². The van der Waals surface area contributed by atoms with E-state index >= 15 is 0 Å². The van der Waals surface area contributed by atoms with Crippen molar-refractivity contribution in [2.45, 2.75) is 31.7 Å². The average Bonchev–Trinajstić information content (AvgIpc) is 2.90. The maximum absolute atomic E-state index is 10.5. The van der Waals surface area contributed by atoms with Crippen LogP contribution in [0.2, 0.25) is 0 Å². The smallest absolute Gasteiger partial charge is 0.305 e. The molecule has 1 saturated carbocycles. The number of aliphatic hydroxyl groups is 1. The molecule has 98 valence electrons. The van der Waals surface area contributed by atoms with Crippen molar-refractivity contribution in [3.63, 3.8) is 0 Å². The van der Waals surface area contributed by atoms with E-state index in [4.69, 9.17) is 5.11 Å². The molecule has 0 aromatic carbocycles. The minimum atomic E-state index is -0.518. The Hall–Kier alpha value is -1.76. The van der Waals surface area contributed by atoms with E-state index in [1.807, 2.05) is 4.90 Å². The predicted molar refractivity (Wildman–Crippen MR) is 65.4 cm³/mol. The molecule has 0 radical (unpaired) electrons. The van der Waals surface area contributed by atoms with Crippen molar-refractivity contribution in [2.24, 2.45) is 0 Å². The highest BCUT2D eigenvalue weighted by atomic mass is 16.6. The number of nitrogens with zero attached hydrogens (tertiary/aromatic N) is 4. The fourth-order valence-electron chi connectivity index (χ4n) is 2.33. The molecule has 0 bridgehead atoms. The highest BCUT2D eigenvalue weighted by Crippen LogP contribution is 2.26. The number of hydrogen-bond donors (Lipinski definition) is 1. The molecule has 0 amide bonds. The average molecular weight is 252 g/mol. The number of anilines is 1. The van der Waals surface area contributed by atoms with Crippen molar-refractivity contribution in [1.82, 2.24) is 9.97 Å². The molecule has 18 heavy (non-hydrogen) atoms. The molecule has 1 aliphatic rings. The van der Waals surface area contributed by atoms with Crippen LogP contribution in [0.5, 0.6) is 0 Å². The van der Waals surface area contributed by atoms with Gasteiger partial charge in [0.15, 0.2) is 0 Å². The van der Waals surface area contributed by atoms with E-state index in [1.165, 1.54) is 25.2 Å². The summed E-state index contributed by atoms with van der Waals surface area (Å²) in [5, 5.41) is 19.6. The molecular formula is C11H16N4O3. The minimum Gasteiger partial charge on any atom is -0.395 e. The fraction of sp³-hybridized carbons (Fsp3) is 0.636. The van der Waals surface area contributed by atoms with Gasteiger partial charge in [0.1, 0.15) is 12.4 Å². The lowest BCUT2D eigenvalue weighted by molar-refractivity contribution is -0.385. The summed E-state index contributed by atoms with van der Waals surface area (Å²) in [6.07, 6.45) is 6.86. The summed E-state index contributed by atoms with van der Waals surface area (Å²) in [4.78, 5) is 20.0. The van der Waals surface area contributed by atoms with Crippen LogP contribution in [0.15, 0.2) is 12.4 Å². The Labute approximate surface area is 105 Å². The lowest BCUT2D eigenvalue weighted by Gasteiger charge is -2.27. The summed E-state index contributed by atoms with van der Waals surface area (Å²) < 4.78 is 0. The third-order valence-electron chi connectivity index (χ3n) is 3.20. The zero-order valence-corrected chi connectivity index (χ0v) is 10.0. The molecule has 1 fully saturated rings. The van der Waals surface area contributed by atoms with E-state index in [0.717, 1.165) is 12.8 Å². The van der Waals surface area contributed by atoms with Crippen LogP contribution in [0.4, 0.5) is 11.6 Å². The van der Waals surface area contributed by atoms with Gasteiger partial charge in [-0.25, -0.2) is 9.97 Å². The monoisotopic (exact) mass is 252 g/mol. The predicted octanol–water partition coefficient (Wildman–Crippen LogP) is 1.13. The molecule has 1 aromatic rings. The second-order valence-corrected chi connectivity index (χ2v) is 4.35. The van der Waals surface area contributed by atoms with Crippen molar-refractivity contribution >= 4 is 11.6 Å². The highest BCUT2D eigenvalue weighted by molar-refractivity contribution is 5.35. The lowest BCUT2D eigenvalue weighted by Crippen LogP contribution is -2.36. The van der Waals surface area contributed by atoms with Crippen LogP contribution in [0.3, 0.4) is 0 Å². The molecule has 1 aliphatic carbocycles. The number of nitro groups is 1. The van der Waals surface area contributed by atoms with Gasteiger partial charge < -0.3 is 10.0 Å². The summed E-state index contributed by atoms with van der Waals surface area (Å²) in [6.45, 7) is 0.485.